The number of phenolic OH excluding ortho intramolecular Hbond substituents is 1. The number of aliphatic hydroxyl groups is 1. The highest BCUT2D eigenvalue weighted by Crippen LogP contribution is 2.70. The largest absolute Gasteiger partial charge is 0.507 e. The molecule has 1 saturated heterocycles. The summed E-state index contributed by atoms with van der Waals surface area (Å²) in [6.07, 6.45) is -9.69. The Morgan fingerprint density at radius 1 is 0.985 bits per heavy atom. The maximum Gasteiger partial charge on any atom is 0.397 e. The van der Waals surface area contributed by atoms with Gasteiger partial charge in [0.2, 0.25) is 5.91 Å². The molecule has 65 heavy (non-hydrogen) atoms. The molecule has 5 fully saturated rings. The van der Waals surface area contributed by atoms with Crippen LogP contribution in [0.1, 0.15) is 90.5 Å². The van der Waals surface area contributed by atoms with Crippen molar-refractivity contribution in [3.05, 3.63) is 39.5 Å². The lowest BCUT2D eigenvalue weighted by molar-refractivity contribution is -0.316. The number of esters is 2. The molecule has 364 valence electrons. The van der Waals surface area contributed by atoms with E-state index in [1.54, 1.807) is 26.0 Å². The summed E-state index contributed by atoms with van der Waals surface area (Å²) in [5.41, 5.74) is 0.327. The Morgan fingerprint density at radius 3 is 2.32 bits per heavy atom. The van der Waals surface area contributed by atoms with E-state index >= 15 is 0 Å². The zero-order valence-electron chi connectivity index (χ0n) is 36.2. The Hall–Kier alpha value is -3.01. The molecule has 1 spiro atoms. The van der Waals surface area contributed by atoms with Crippen LogP contribution in [0.25, 0.3) is 0 Å². The highest BCUT2D eigenvalue weighted by Gasteiger charge is 2.67. The second-order valence-corrected chi connectivity index (χ2v) is 21.9. The number of rotatable bonds is 18. The van der Waals surface area contributed by atoms with Crippen molar-refractivity contribution < 1.29 is 87.8 Å². The Balaban J connectivity index is 1.25. The van der Waals surface area contributed by atoms with E-state index in [4.69, 9.17) is 27.3 Å². The zero-order chi connectivity index (χ0) is 47.8. The van der Waals surface area contributed by atoms with Gasteiger partial charge in [-0.25, -0.2) is 8.37 Å². The summed E-state index contributed by atoms with van der Waals surface area (Å²) in [7, 11) is -11.1. The molecule has 1 aromatic rings. The predicted octanol–water partition coefficient (Wildman–Crippen LogP) is 3.67. The summed E-state index contributed by atoms with van der Waals surface area (Å²) < 4.78 is 103. The third-order valence-corrected chi connectivity index (χ3v) is 15.8. The van der Waals surface area contributed by atoms with Gasteiger partial charge in [-0.3, -0.25) is 28.3 Å². The van der Waals surface area contributed by atoms with Crippen LogP contribution < -0.4 is 5.32 Å². The topological polar surface area (TPSA) is 305 Å². The Morgan fingerprint density at radius 2 is 1.68 bits per heavy atom. The smallest absolute Gasteiger partial charge is 0.397 e. The van der Waals surface area contributed by atoms with E-state index in [-0.39, 0.29) is 61.6 Å². The number of hydrogen-bond acceptors (Lipinski definition) is 16. The summed E-state index contributed by atoms with van der Waals surface area (Å²) >= 11 is 1.97. The highest BCUT2D eigenvalue weighted by molar-refractivity contribution is 14.1. The monoisotopic (exact) mass is 1070 g/mol. The Bertz CT molecular complexity index is 2210. The van der Waals surface area contributed by atoms with Crippen LogP contribution >= 0.6 is 22.6 Å². The van der Waals surface area contributed by atoms with Crippen molar-refractivity contribution in [1.29, 1.82) is 0 Å². The quantitative estimate of drug-likeness (QED) is 0.0402. The molecule has 4 aliphatic carbocycles. The molecule has 13 atom stereocenters. The van der Waals surface area contributed by atoms with Crippen LogP contribution in [0.3, 0.4) is 0 Å². The van der Waals surface area contributed by atoms with Gasteiger partial charge in [0.25, 0.3) is 0 Å². The molecule has 2 bridgehead atoms. The first-order chi connectivity index (χ1) is 30.3. The molecule has 6 rings (SSSR count). The third kappa shape index (κ3) is 12.0. The number of carbonyl (C=O) groups excluding carboxylic acids is 3. The van der Waals surface area contributed by atoms with Crippen molar-refractivity contribution >= 4 is 67.2 Å². The molecule has 6 N–H and O–H groups in total. The molecule has 1 aromatic carbocycles. The second kappa shape index (κ2) is 20.3. The predicted molar refractivity (Wildman–Crippen MR) is 233 cm³/mol. The first-order valence-electron chi connectivity index (χ1n) is 21.6. The van der Waals surface area contributed by atoms with Crippen molar-refractivity contribution in [2.24, 2.45) is 40.4 Å². The number of nitrogens with one attached hydrogen (secondary N) is 1. The maximum atomic E-state index is 13.3. The highest BCUT2D eigenvalue weighted by atomic mass is 127. The number of benzene rings is 1. The minimum atomic E-state index is -5.57. The molecular formula is C42H58INO19S2. The van der Waals surface area contributed by atoms with Crippen molar-refractivity contribution in [3.8, 4) is 5.75 Å². The fourth-order valence-electron chi connectivity index (χ4n) is 11.4. The van der Waals surface area contributed by atoms with Crippen LogP contribution in [-0.4, -0.2) is 121 Å². The number of phenols is 1. The average Bonchev–Trinajstić information content (AvgIpc) is 3.36. The lowest BCUT2D eigenvalue weighted by Crippen LogP contribution is -2.64. The number of carbonyl (C=O) groups is 4. The van der Waals surface area contributed by atoms with E-state index in [0.717, 1.165) is 17.6 Å². The number of carboxylic acids is 1. The Labute approximate surface area is 391 Å². The van der Waals surface area contributed by atoms with Crippen molar-refractivity contribution in [1.82, 2.24) is 5.32 Å². The van der Waals surface area contributed by atoms with Crippen molar-refractivity contribution in [3.63, 3.8) is 0 Å². The molecule has 1 heterocycles. The van der Waals surface area contributed by atoms with Gasteiger partial charge in [-0.1, -0.05) is 33.4 Å². The number of carboxylic acid groups (broad SMARTS) is 1. The molecule has 0 radical (unpaired) electrons. The number of aliphatic hydroxyl groups excluding tert-OH is 1. The Kier molecular flexibility index (Phi) is 16.0. The summed E-state index contributed by atoms with van der Waals surface area (Å²) in [4.78, 5) is 51.9. The van der Waals surface area contributed by atoms with Gasteiger partial charge in [0.05, 0.1) is 28.1 Å². The molecule has 0 aromatic heterocycles. The number of hydrogen-bond donors (Lipinski definition) is 6. The van der Waals surface area contributed by atoms with E-state index in [0.29, 0.717) is 35.7 Å². The first-order valence-corrected chi connectivity index (χ1v) is 25.4. The maximum absolute atomic E-state index is 13.3. The van der Waals surface area contributed by atoms with E-state index < -0.39 is 117 Å². The summed E-state index contributed by atoms with van der Waals surface area (Å²) in [6, 6.07) is 4.96. The van der Waals surface area contributed by atoms with Gasteiger partial charge in [-0.05, 0) is 126 Å². The van der Waals surface area contributed by atoms with Crippen LogP contribution in [0.2, 0.25) is 0 Å². The zero-order valence-corrected chi connectivity index (χ0v) is 40.0. The summed E-state index contributed by atoms with van der Waals surface area (Å²) in [5, 5.41) is 34.6. The SMILES string of the molecule is C=C1[C@@H]2CC[C@H]3[C@]4(C)C[C@H](O[C@@H]5O[C@H](COC(=O)CCC(=O)NCCc6ccc(O)c(I)c6)[C@@H](OS(=O)(=O)O)[C@H](OS(=O)(=O)O)[C@H]5OC(=O)CC(C)C)C[C@@H](C(=O)O)[C@H]4CC[C@]3(C2)[C@@H]1O. The van der Waals surface area contributed by atoms with Gasteiger partial charge < -0.3 is 39.6 Å². The lowest BCUT2D eigenvalue weighted by Gasteiger charge is -2.62. The van der Waals surface area contributed by atoms with E-state index in [2.05, 4.69) is 11.9 Å². The second-order valence-electron chi connectivity index (χ2n) is 18.7. The molecule has 23 heteroatoms. The minimum Gasteiger partial charge on any atom is -0.507 e. The number of aromatic hydroxyl groups is 1. The third-order valence-electron chi connectivity index (χ3n) is 14.0. The standard InChI is InChI=1S/C42H58INO19S2/c1-21(2)15-34(48)61-37-36(63-65(55,56)57)35(62-64(52,53)54)30(20-58-33(47)10-9-32(46)44-14-12-23-5-7-29(45)28(43)16-23)60-40(37)59-25-17-26(39(50)51)27-11-13-42-18-24(22(3)38(42)49)6-8-31(42)41(27,4)19-25/h5,7,16,21,24-27,30-31,35-38,40,45,49H,3,6,8-15,17-20H2,1-2,4H3,(H,44,46)(H,50,51)(H,52,53,54)(H,55,56,57)/t24-,25-,26-,27-,30-,31+,35-,36+,37-,38-,40-,41-,42-/m1/s1. The normalized spacial score (nSPS) is 34.6. The fourth-order valence-corrected chi connectivity index (χ4v) is 13.0. The van der Waals surface area contributed by atoms with Crippen LogP contribution in [0.5, 0.6) is 5.75 Å². The van der Waals surface area contributed by atoms with Gasteiger partial charge in [-0.2, -0.15) is 16.8 Å². The first kappa shape index (κ1) is 51.4. The fraction of sp³-hybridized carbons (Fsp3) is 0.714. The molecule has 1 aliphatic heterocycles. The van der Waals surface area contributed by atoms with Crippen LogP contribution in [-0.2, 0) is 73.7 Å². The van der Waals surface area contributed by atoms with Gasteiger partial charge >= 0.3 is 38.7 Å². The number of aliphatic carboxylic acids is 1. The van der Waals surface area contributed by atoms with E-state index in [1.807, 2.05) is 29.5 Å². The number of fused-ring (bicyclic) bond motifs is 3. The van der Waals surface area contributed by atoms with Crippen molar-refractivity contribution in [2.45, 2.75) is 134 Å². The van der Waals surface area contributed by atoms with Gasteiger partial charge in [-0.15, -0.1) is 0 Å². The molecule has 0 unspecified atom stereocenters. The van der Waals surface area contributed by atoms with Gasteiger partial charge in [0, 0.05) is 24.8 Å². The van der Waals surface area contributed by atoms with E-state index in [9.17, 15) is 60.4 Å². The molecule has 5 aliphatic rings. The van der Waals surface area contributed by atoms with Crippen LogP contribution in [0.4, 0.5) is 0 Å². The van der Waals surface area contributed by atoms with Gasteiger partial charge in [0.1, 0.15) is 24.6 Å². The minimum absolute atomic E-state index is 0.0928. The summed E-state index contributed by atoms with van der Waals surface area (Å²) in [6.45, 7) is 8.76. The molecule has 20 nitrogen and oxygen atoms in total. The van der Waals surface area contributed by atoms with Crippen LogP contribution in [0, 0.1) is 44.0 Å². The average molecular weight is 1070 g/mol. The lowest BCUT2D eigenvalue weighted by atomic mass is 9.43. The number of halogens is 1. The molecule has 4 saturated carbocycles. The number of ether oxygens (including phenoxy) is 4. The van der Waals surface area contributed by atoms with Crippen LogP contribution in [0.15, 0.2) is 30.4 Å². The molecular weight excluding hydrogens is 1010 g/mol. The van der Waals surface area contributed by atoms with Gasteiger partial charge in [0.15, 0.2) is 18.5 Å². The summed E-state index contributed by atoms with van der Waals surface area (Å²) in [5.74, 6) is -5.13. The van der Waals surface area contributed by atoms with Crippen molar-refractivity contribution in [2.75, 3.05) is 13.2 Å². The molecule has 1 amide bonds. The number of amides is 1. The van der Waals surface area contributed by atoms with E-state index in [1.165, 1.54) is 6.07 Å².